The van der Waals surface area contributed by atoms with Gasteiger partial charge in [0, 0.05) is 25.8 Å². The van der Waals surface area contributed by atoms with Gasteiger partial charge in [0.1, 0.15) is 5.78 Å². The van der Waals surface area contributed by atoms with Crippen molar-refractivity contribution >= 4 is 11.7 Å². The molecule has 0 radical (unpaired) electrons. The summed E-state index contributed by atoms with van der Waals surface area (Å²) in [4.78, 5) is 22.6. The lowest BCUT2D eigenvalue weighted by Crippen LogP contribution is -2.33. The molecule has 1 fully saturated rings. The number of hydrogen-bond acceptors (Lipinski definition) is 2. The molecule has 0 heterocycles. The number of carbonyl (C=O) groups is 2. The van der Waals surface area contributed by atoms with Gasteiger partial charge in [-0.25, -0.2) is 0 Å². The van der Waals surface area contributed by atoms with Crippen molar-refractivity contribution in [1.82, 2.24) is 5.32 Å². The zero-order valence-electron chi connectivity index (χ0n) is 11.0. The van der Waals surface area contributed by atoms with Crippen LogP contribution in [0.15, 0.2) is 0 Å². The van der Waals surface area contributed by atoms with E-state index >= 15 is 0 Å². The smallest absolute Gasteiger partial charge is 0.217 e. The summed E-state index contributed by atoms with van der Waals surface area (Å²) >= 11 is 0. The van der Waals surface area contributed by atoms with Crippen LogP contribution in [0.5, 0.6) is 0 Å². The maximum Gasteiger partial charge on any atom is 0.217 e. The molecule has 0 aromatic carbocycles. The maximum absolute atomic E-state index is 11.5. The molecule has 1 aliphatic rings. The highest BCUT2D eigenvalue weighted by Crippen LogP contribution is 2.15. The predicted molar refractivity (Wildman–Crippen MR) is 68.8 cm³/mol. The lowest BCUT2D eigenvalue weighted by atomic mass is 9.97. The Morgan fingerprint density at radius 1 is 1.00 bits per heavy atom. The first kappa shape index (κ1) is 14.2. The highest BCUT2D eigenvalue weighted by atomic mass is 16.1. The van der Waals surface area contributed by atoms with Crippen molar-refractivity contribution in [2.75, 3.05) is 0 Å². The van der Waals surface area contributed by atoms with Gasteiger partial charge in [-0.05, 0) is 25.7 Å². The third-order valence-corrected chi connectivity index (χ3v) is 3.42. The van der Waals surface area contributed by atoms with Crippen LogP contribution in [0.3, 0.4) is 0 Å². The Hall–Kier alpha value is -0.860. The van der Waals surface area contributed by atoms with E-state index in [4.69, 9.17) is 0 Å². The van der Waals surface area contributed by atoms with Gasteiger partial charge in [0.25, 0.3) is 0 Å². The molecule has 1 amide bonds. The van der Waals surface area contributed by atoms with Crippen LogP contribution in [0.2, 0.25) is 0 Å². The van der Waals surface area contributed by atoms with E-state index in [1.54, 1.807) is 6.92 Å². The molecule has 3 nitrogen and oxygen atoms in total. The number of amides is 1. The summed E-state index contributed by atoms with van der Waals surface area (Å²) in [5, 5.41) is 3.02. The molecule has 0 aliphatic heterocycles. The monoisotopic (exact) mass is 239 g/mol. The van der Waals surface area contributed by atoms with E-state index in [2.05, 4.69) is 5.32 Å². The van der Waals surface area contributed by atoms with Crippen molar-refractivity contribution in [2.24, 2.45) is 0 Å². The highest BCUT2D eigenvalue weighted by molar-refractivity contribution is 5.78. The Morgan fingerprint density at radius 3 is 2.18 bits per heavy atom. The minimum atomic E-state index is 0.0678. The lowest BCUT2D eigenvalue weighted by molar-refractivity contribution is -0.120. The van der Waals surface area contributed by atoms with Gasteiger partial charge in [-0.1, -0.05) is 25.7 Å². The van der Waals surface area contributed by atoms with Gasteiger partial charge >= 0.3 is 0 Å². The van der Waals surface area contributed by atoms with Crippen LogP contribution in [0.4, 0.5) is 0 Å². The first-order valence-electron chi connectivity index (χ1n) is 6.97. The number of rotatable bonds is 1. The second-order valence-electron chi connectivity index (χ2n) is 5.13. The van der Waals surface area contributed by atoms with Crippen LogP contribution in [0, 0.1) is 0 Å². The van der Waals surface area contributed by atoms with Crippen LogP contribution in [0.1, 0.15) is 71.1 Å². The van der Waals surface area contributed by atoms with Crippen molar-refractivity contribution in [2.45, 2.75) is 77.2 Å². The predicted octanol–water partition coefficient (Wildman–Crippen LogP) is 2.97. The fraction of sp³-hybridized carbons (Fsp3) is 0.857. The zero-order chi connectivity index (χ0) is 12.5. The van der Waals surface area contributed by atoms with Crippen molar-refractivity contribution in [1.29, 1.82) is 0 Å². The number of hydrogen-bond donors (Lipinski definition) is 1. The molecule has 98 valence electrons. The summed E-state index contributed by atoms with van der Waals surface area (Å²) in [6.45, 7) is 1.58. The molecule has 0 unspecified atom stereocenters. The highest BCUT2D eigenvalue weighted by Gasteiger charge is 2.11. The van der Waals surface area contributed by atoms with Crippen LogP contribution in [-0.2, 0) is 9.59 Å². The Morgan fingerprint density at radius 2 is 1.53 bits per heavy atom. The van der Waals surface area contributed by atoms with Gasteiger partial charge in [-0.2, -0.15) is 0 Å². The number of carbonyl (C=O) groups excluding carboxylic acids is 2. The van der Waals surface area contributed by atoms with Crippen LogP contribution < -0.4 is 5.32 Å². The molecular weight excluding hydrogens is 214 g/mol. The molecule has 1 aliphatic carbocycles. The average molecular weight is 239 g/mol. The maximum atomic E-state index is 11.5. The standard InChI is InChI=1S/C14H25NO2/c1-12(16)15-13-8-4-2-3-5-10-14(17)11-7-6-9-13/h13H,2-11H2,1H3,(H,15,16)/t13-/m1/s1. The molecule has 1 N–H and O–H groups in total. The molecular formula is C14H25NO2. The zero-order valence-corrected chi connectivity index (χ0v) is 11.0. The Kier molecular flexibility index (Phi) is 6.90. The molecule has 17 heavy (non-hydrogen) atoms. The molecule has 0 aromatic rings. The van der Waals surface area contributed by atoms with E-state index in [0.717, 1.165) is 51.4 Å². The van der Waals surface area contributed by atoms with E-state index < -0.39 is 0 Å². The van der Waals surface area contributed by atoms with E-state index in [1.807, 2.05) is 0 Å². The minimum absolute atomic E-state index is 0.0678. The van der Waals surface area contributed by atoms with E-state index in [0.29, 0.717) is 11.8 Å². The molecule has 1 atom stereocenters. The van der Waals surface area contributed by atoms with E-state index in [1.165, 1.54) is 12.8 Å². The topological polar surface area (TPSA) is 46.2 Å². The summed E-state index contributed by atoms with van der Waals surface area (Å²) in [5.41, 5.74) is 0. The molecule has 1 rings (SSSR count). The summed E-state index contributed by atoms with van der Waals surface area (Å²) in [6, 6.07) is 0.321. The first-order valence-corrected chi connectivity index (χ1v) is 6.97. The summed E-state index contributed by atoms with van der Waals surface area (Å²) in [5.74, 6) is 0.486. The van der Waals surface area contributed by atoms with Crippen molar-refractivity contribution in [3.05, 3.63) is 0 Å². The second-order valence-corrected chi connectivity index (χ2v) is 5.13. The normalized spacial score (nSPS) is 24.5. The van der Waals surface area contributed by atoms with Gasteiger partial charge in [-0.15, -0.1) is 0 Å². The fourth-order valence-corrected chi connectivity index (χ4v) is 2.48. The van der Waals surface area contributed by atoms with Crippen molar-refractivity contribution in [3.63, 3.8) is 0 Å². The largest absolute Gasteiger partial charge is 0.354 e. The summed E-state index contributed by atoms with van der Waals surface area (Å²) in [6.07, 6.45) is 10.2. The molecule has 0 spiro atoms. The Labute approximate surface area is 104 Å². The van der Waals surface area contributed by atoms with Crippen LogP contribution >= 0.6 is 0 Å². The minimum Gasteiger partial charge on any atom is -0.354 e. The van der Waals surface area contributed by atoms with Crippen molar-refractivity contribution < 1.29 is 9.59 Å². The summed E-state index contributed by atoms with van der Waals surface area (Å²) < 4.78 is 0. The third-order valence-electron chi connectivity index (χ3n) is 3.42. The fourth-order valence-electron chi connectivity index (χ4n) is 2.48. The van der Waals surface area contributed by atoms with Gasteiger partial charge in [0.2, 0.25) is 5.91 Å². The molecule has 0 bridgehead atoms. The number of nitrogens with one attached hydrogen (secondary N) is 1. The van der Waals surface area contributed by atoms with Crippen LogP contribution in [0.25, 0.3) is 0 Å². The van der Waals surface area contributed by atoms with E-state index in [9.17, 15) is 9.59 Å². The van der Waals surface area contributed by atoms with Crippen molar-refractivity contribution in [3.8, 4) is 0 Å². The SMILES string of the molecule is CC(=O)N[C@@H]1CCCCCCC(=O)CCCC1. The third kappa shape index (κ3) is 7.14. The summed E-state index contributed by atoms with van der Waals surface area (Å²) in [7, 11) is 0. The first-order chi connectivity index (χ1) is 8.18. The Balaban J connectivity index is 2.35. The van der Waals surface area contributed by atoms with Gasteiger partial charge in [0.05, 0.1) is 0 Å². The van der Waals surface area contributed by atoms with Crippen LogP contribution in [-0.4, -0.2) is 17.7 Å². The number of ketones is 1. The van der Waals surface area contributed by atoms with Gasteiger partial charge in [0.15, 0.2) is 0 Å². The lowest BCUT2D eigenvalue weighted by Gasteiger charge is -2.18. The molecule has 3 heteroatoms. The van der Waals surface area contributed by atoms with Gasteiger partial charge < -0.3 is 5.32 Å². The quantitative estimate of drug-likeness (QED) is 0.764. The van der Waals surface area contributed by atoms with Gasteiger partial charge in [-0.3, -0.25) is 9.59 Å². The molecule has 0 saturated heterocycles. The van der Waals surface area contributed by atoms with E-state index in [-0.39, 0.29) is 5.91 Å². The number of Topliss-reactive ketones (excluding diaryl/α,β-unsaturated/α-hetero) is 1. The second kappa shape index (κ2) is 8.26. The Bertz CT molecular complexity index is 251. The average Bonchev–Trinajstić information content (AvgIpc) is 2.25. The molecule has 1 saturated carbocycles. The molecule has 0 aromatic heterocycles.